The fourth-order valence-electron chi connectivity index (χ4n) is 3.62. The molecule has 0 unspecified atom stereocenters. The fraction of sp³-hybridized carbons (Fsp3) is 0.143. The molecule has 1 aliphatic heterocycles. The number of likely N-dealkylation sites (N-methyl/N-ethyl adjacent to an activating group) is 1. The van der Waals surface area contributed by atoms with Crippen molar-refractivity contribution in [1.82, 2.24) is 4.90 Å². The number of aromatic carboxylic acids is 2. The molecule has 1 amide bonds. The van der Waals surface area contributed by atoms with Gasteiger partial charge in [-0.3, -0.25) is 9.69 Å². The van der Waals surface area contributed by atoms with E-state index in [1.807, 2.05) is 0 Å². The topological polar surface area (TPSA) is 126 Å². The van der Waals surface area contributed by atoms with E-state index in [4.69, 9.17) is 19.7 Å². The third kappa shape index (κ3) is 5.87. The molecular formula is C28H24N2O7S. The average molecular weight is 533 g/mol. The van der Waals surface area contributed by atoms with Gasteiger partial charge in [-0.05, 0) is 83.9 Å². The van der Waals surface area contributed by atoms with Crippen LogP contribution in [0.1, 0.15) is 37.4 Å². The standard InChI is InChI=1S/C28H24N2O7S/c1-16-12-20(27(34)35)9-10-21(16)29-28-30(2)25(31)24(38-28)14-18-6-11-22(23(13-18)36-3)37-15-17-4-7-19(8-5-17)26(32)33/h4-14H,15H2,1-3H3,(H,32,33)(H,34,35)/b24-14-,29-28?. The molecular weight excluding hydrogens is 508 g/mol. The highest BCUT2D eigenvalue weighted by molar-refractivity contribution is 8.18. The lowest BCUT2D eigenvalue weighted by atomic mass is 10.1. The number of amidine groups is 1. The molecule has 0 spiro atoms. The van der Waals surface area contributed by atoms with Crippen molar-refractivity contribution in [1.29, 1.82) is 0 Å². The third-order valence-corrected chi connectivity index (χ3v) is 6.80. The van der Waals surface area contributed by atoms with E-state index in [0.717, 1.165) is 11.1 Å². The Morgan fingerprint density at radius 2 is 1.66 bits per heavy atom. The number of hydrogen-bond acceptors (Lipinski definition) is 7. The van der Waals surface area contributed by atoms with E-state index in [9.17, 15) is 14.4 Å². The molecule has 1 aliphatic rings. The molecule has 1 fully saturated rings. The van der Waals surface area contributed by atoms with Gasteiger partial charge in [0.1, 0.15) is 6.61 Å². The summed E-state index contributed by atoms with van der Waals surface area (Å²) < 4.78 is 11.3. The quantitative estimate of drug-likeness (QED) is 0.379. The number of carbonyl (C=O) groups is 3. The van der Waals surface area contributed by atoms with Gasteiger partial charge < -0.3 is 19.7 Å². The minimum absolute atomic E-state index is 0.174. The SMILES string of the molecule is COc1cc(/C=C2\SC(=Nc3ccc(C(=O)O)cc3C)N(C)C2=O)ccc1OCc1ccc(C(=O)O)cc1. The van der Waals surface area contributed by atoms with Crippen LogP contribution in [0.15, 0.2) is 70.6 Å². The van der Waals surface area contributed by atoms with Crippen molar-refractivity contribution < 1.29 is 34.1 Å². The lowest BCUT2D eigenvalue weighted by Crippen LogP contribution is -2.23. The number of aryl methyl sites for hydroxylation is 1. The van der Waals surface area contributed by atoms with Crippen LogP contribution in [0.5, 0.6) is 11.5 Å². The van der Waals surface area contributed by atoms with Crippen LogP contribution in [0.4, 0.5) is 5.69 Å². The van der Waals surface area contributed by atoms with Crippen LogP contribution in [-0.2, 0) is 11.4 Å². The van der Waals surface area contributed by atoms with Gasteiger partial charge in [0.2, 0.25) is 0 Å². The minimum Gasteiger partial charge on any atom is -0.493 e. The lowest BCUT2D eigenvalue weighted by Gasteiger charge is -2.12. The molecule has 0 aliphatic carbocycles. The van der Waals surface area contributed by atoms with E-state index < -0.39 is 11.9 Å². The number of methoxy groups -OCH3 is 1. The van der Waals surface area contributed by atoms with Gasteiger partial charge in [0.25, 0.3) is 5.91 Å². The first-order valence-corrected chi connectivity index (χ1v) is 12.2. The molecule has 1 saturated heterocycles. The van der Waals surface area contributed by atoms with Crippen molar-refractivity contribution >= 4 is 46.5 Å². The molecule has 0 atom stereocenters. The first-order valence-electron chi connectivity index (χ1n) is 11.4. The molecule has 3 aromatic rings. The number of carbonyl (C=O) groups excluding carboxylic acids is 1. The van der Waals surface area contributed by atoms with E-state index in [2.05, 4.69) is 4.99 Å². The molecule has 1 heterocycles. The number of carboxylic acid groups (broad SMARTS) is 2. The normalized spacial score (nSPS) is 15.2. The van der Waals surface area contributed by atoms with Crippen LogP contribution in [0.25, 0.3) is 6.08 Å². The molecule has 0 saturated carbocycles. The van der Waals surface area contributed by atoms with Gasteiger partial charge in [-0.1, -0.05) is 18.2 Å². The number of aliphatic imine (C=N–C) groups is 1. The van der Waals surface area contributed by atoms with E-state index in [1.54, 1.807) is 62.5 Å². The zero-order chi connectivity index (χ0) is 27.4. The van der Waals surface area contributed by atoms with Gasteiger partial charge in [0.05, 0.1) is 28.8 Å². The van der Waals surface area contributed by atoms with Crippen molar-refractivity contribution in [2.75, 3.05) is 14.2 Å². The second-order valence-electron chi connectivity index (χ2n) is 8.38. The number of rotatable bonds is 8. The largest absolute Gasteiger partial charge is 0.493 e. The maximum atomic E-state index is 12.9. The van der Waals surface area contributed by atoms with Gasteiger partial charge in [-0.15, -0.1) is 0 Å². The summed E-state index contributed by atoms with van der Waals surface area (Å²) in [6.45, 7) is 1.99. The number of nitrogens with zero attached hydrogens (tertiary/aromatic N) is 2. The number of ether oxygens (including phenoxy) is 2. The van der Waals surface area contributed by atoms with Crippen molar-refractivity contribution in [3.05, 3.63) is 93.4 Å². The van der Waals surface area contributed by atoms with Gasteiger partial charge in [0, 0.05) is 7.05 Å². The van der Waals surface area contributed by atoms with Crippen LogP contribution in [0.2, 0.25) is 0 Å². The van der Waals surface area contributed by atoms with Crippen LogP contribution >= 0.6 is 11.8 Å². The molecule has 194 valence electrons. The van der Waals surface area contributed by atoms with Gasteiger partial charge in [-0.2, -0.15) is 0 Å². The Morgan fingerprint density at radius 1 is 0.974 bits per heavy atom. The van der Waals surface area contributed by atoms with Gasteiger partial charge >= 0.3 is 11.9 Å². The molecule has 0 radical (unpaired) electrons. The molecule has 4 rings (SSSR count). The van der Waals surface area contributed by atoms with E-state index in [1.165, 1.54) is 42.0 Å². The van der Waals surface area contributed by atoms with Crippen molar-refractivity contribution in [3.63, 3.8) is 0 Å². The molecule has 38 heavy (non-hydrogen) atoms. The Hall–Kier alpha value is -4.57. The molecule has 10 heteroatoms. The Labute approximate surface area is 223 Å². The van der Waals surface area contributed by atoms with E-state index in [0.29, 0.717) is 32.8 Å². The van der Waals surface area contributed by atoms with Crippen LogP contribution < -0.4 is 9.47 Å². The zero-order valence-electron chi connectivity index (χ0n) is 20.8. The number of thioether (sulfide) groups is 1. The number of benzene rings is 3. The predicted octanol–water partition coefficient (Wildman–Crippen LogP) is 5.21. The summed E-state index contributed by atoms with van der Waals surface area (Å²) in [5, 5.41) is 18.7. The highest BCUT2D eigenvalue weighted by Gasteiger charge is 2.30. The third-order valence-electron chi connectivity index (χ3n) is 5.74. The Balaban J connectivity index is 1.50. The predicted molar refractivity (Wildman–Crippen MR) is 144 cm³/mol. The van der Waals surface area contributed by atoms with Gasteiger partial charge in [-0.25, -0.2) is 14.6 Å². The summed E-state index contributed by atoms with van der Waals surface area (Å²) in [5.74, 6) is -1.23. The summed E-state index contributed by atoms with van der Waals surface area (Å²) in [6.07, 6.45) is 1.74. The highest BCUT2D eigenvalue weighted by atomic mass is 32.2. The number of carboxylic acids is 2. The highest BCUT2D eigenvalue weighted by Crippen LogP contribution is 2.36. The second kappa shape index (κ2) is 11.2. The van der Waals surface area contributed by atoms with Crippen LogP contribution in [0, 0.1) is 6.92 Å². The number of amides is 1. The molecule has 9 nitrogen and oxygen atoms in total. The van der Waals surface area contributed by atoms with Crippen LogP contribution in [-0.4, -0.2) is 52.3 Å². The maximum Gasteiger partial charge on any atom is 0.335 e. The summed E-state index contributed by atoms with van der Waals surface area (Å²) in [5.41, 5.74) is 3.18. The first kappa shape index (κ1) is 26.5. The summed E-state index contributed by atoms with van der Waals surface area (Å²) in [7, 11) is 3.16. The minimum atomic E-state index is -1.01. The van der Waals surface area contributed by atoms with E-state index >= 15 is 0 Å². The maximum absolute atomic E-state index is 12.9. The summed E-state index contributed by atoms with van der Waals surface area (Å²) >= 11 is 1.22. The lowest BCUT2D eigenvalue weighted by molar-refractivity contribution is -0.121. The van der Waals surface area contributed by atoms with E-state index in [-0.39, 0.29) is 23.6 Å². The number of hydrogen-bond donors (Lipinski definition) is 2. The smallest absolute Gasteiger partial charge is 0.335 e. The monoisotopic (exact) mass is 532 g/mol. The molecule has 3 aromatic carbocycles. The first-order chi connectivity index (χ1) is 18.2. The van der Waals surface area contributed by atoms with Crippen molar-refractivity contribution in [3.8, 4) is 11.5 Å². The Bertz CT molecular complexity index is 1480. The molecule has 2 N–H and O–H groups in total. The summed E-state index contributed by atoms with van der Waals surface area (Å²) in [6, 6.07) is 16.4. The van der Waals surface area contributed by atoms with Crippen molar-refractivity contribution in [2.45, 2.75) is 13.5 Å². The van der Waals surface area contributed by atoms with Crippen molar-refractivity contribution in [2.24, 2.45) is 4.99 Å². The Morgan fingerprint density at radius 3 is 2.29 bits per heavy atom. The molecule has 0 aromatic heterocycles. The Kier molecular flexibility index (Phi) is 7.82. The zero-order valence-corrected chi connectivity index (χ0v) is 21.6. The second-order valence-corrected chi connectivity index (χ2v) is 9.39. The average Bonchev–Trinajstić information content (AvgIpc) is 3.16. The fourth-order valence-corrected chi connectivity index (χ4v) is 4.60. The van der Waals surface area contributed by atoms with Crippen LogP contribution in [0.3, 0.4) is 0 Å². The van der Waals surface area contributed by atoms with Gasteiger partial charge in [0.15, 0.2) is 16.7 Å². The summed E-state index contributed by atoms with van der Waals surface area (Å²) in [4.78, 5) is 41.6. The molecule has 0 bridgehead atoms.